The van der Waals surface area contributed by atoms with Crippen LogP contribution in [0.15, 0.2) is 30.5 Å². The maximum absolute atomic E-state index is 12.4. The number of ketones is 1. The van der Waals surface area contributed by atoms with Crippen LogP contribution in [0.4, 0.5) is 0 Å². The average molecular weight is 304 g/mol. The van der Waals surface area contributed by atoms with Gasteiger partial charge in [-0.1, -0.05) is 23.7 Å². The molecule has 3 rings (SSSR count). The molecule has 5 heteroatoms. The Hall–Kier alpha value is -1.91. The number of aromatic hydroxyl groups is 1. The van der Waals surface area contributed by atoms with Crippen molar-refractivity contribution in [2.75, 3.05) is 0 Å². The Bertz CT molecular complexity index is 715. The first-order valence-corrected chi connectivity index (χ1v) is 7.02. The van der Waals surface area contributed by atoms with Crippen LogP contribution in [0, 0.1) is 6.92 Å². The third-order valence-corrected chi connectivity index (χ3v) is 3.99. The van der Waals surface area contributed by atoms with Crippen molar-refractivity contribution >= 4 is 17.4 Å². The van der Waals surface area contributed by atoms with E-state index in [1.807, 2.05) is 0 Å². The summed E-state index contributed by atoms with van der Waals surface area (Å²) in [5.74, 6) is 0.00859. The number of benzene rings is 1. The van der Waals surface area contributed by atoms with Crippen molar-refractivity contribution in [1.29, 1.82) is 0 Å². The SMILES string of the molecule is Cc1ncc2c(c1O)C(CC(=O)c1ccccc1Cl)OC2. The lowest BCUT2D eigenvalue weighted by Crippen LogP contribution is -2.08. The zero-order valence-corrected chi connectivity index (χ0v) is 12.2. The monoisotopic (exact) mass is 303 g/mol. The van der Waals surface area contributed by atoms with E-state index in [2.05, 4.69) is 4.98 Å². The number of nitrogens with zero attached hydrogens (tertiary/aromatic N) is 1. The Kier molecular flexibility index (Phi) is 3.66. The fourth-order valence-corrected chi connectivity index (χ4v) is 2.77. The van der Waals surface area contributed by atoms with Crippen LogP contribution in [-0.4, -0.2) is 15.9 Å². The molecule has 0 aliphatic carbocycles. The molecule has 1 aliphatic heterocycles. The molecule has 1 aliphatic rings. The molecule has 2 aromatic rings. The summed E-state index contributed by atoms with van der Waals surface area (Å²) in [4.78, 5) is 16.5. The topological polar surface area (TPSA) is 59.4 Å². The van der Waals surface area contributed by atoms with Crippen LogP contribution in [0.2, 0.25) is 5.02 Å². The number of hydrogen-bond acceptors (Lipinski definition) is 4. The predicted octanol–water partition coefficient (Wildman–Crippen LogP) is 3.59. The van der Waals surface area contributed by atoms with Crippen molar-refractivity contribution in [2.45, 2.75) is 26.1 Å². The predicted molar refractivity (Wildman–Crippen MR) is 78.6 cm³/mol. The molecule has 1 unspecified atom stereocenters. The van der Waals surface area contributed by atoms with Crippen LogP contribution in [0.25, 0.3) is 0 Å². The van der Waals surface area contributed by atoms with Gasteiger partial charge in [0.15, 0.2) is 5.78 Å². The van der Waals surface area contributed by atoms with Gasteiger partial charge in [-0.15, -0.1) is 0 Å². The average Bonchev–Trinajstić information content (AvgIpc) is 2.87. The number of carbonyl (C=O) groups excluding carboxylic acids is 1. The van der Waals surface area contributed by atoms with E-state index in [0.717, 1.165) is 5.56 Å². The largest absolute Gasteiger partial charge is 0.506 e. The molecule has 0 spiro atoms. The molecule has 0 saturated heterocycles. The molecule has 1 N–H and O–H groups in total. The Morgan fingerprint density at radius 2 is 2.24 bits per heavy atom. The fraction of sp³-hybridized carbons (Fsp3) is 0.250. The highest BCUT2D eigenvalue weighted by molar-refractivity contribution is 6.33. The van der Waals surface area contributed by atoms with Crippen molar-refractivity contribution < 1.29 is 14.6 Å². The summed E-state index contributed by atoms with van der Waals surface area (Å²) in [6.07, 6.45) is 1.38. The van der Waals surface area contributed by atoms with E-state index in [1.54, 1.807) is 37.4 Å². The lowest BCUT2D eigenvalue weighted by atomic mass is 9.98. The summed E-state index contributed by atoms with van der Waals surface area (Å²) < 4.78 is 5.63. The molecule has 1 atom stereocenters. The fourth-order valence-electron chi connectivity index (χ4n) is 2.53. The lowest BCUT2D eigenvalue weighted by molar-refractivity contribution is 0.0529. The molecule has 0 saturated carbocycles. The van der Waals surface area contributed by atoms with E-state index in [0.29, 0.717) is 28.5 Å². The van der Waals surface area contributed by atoms with Gasteiger partial charge in [0, 0.05) is 29.3 Å². The van der Waals surface area contributed by atoms with Gasteiger partial charge < -0.3 is 9.84 Å². The van der Waals surface area contributed by atoms with Gasteiger partial charge >= 0.3 is 0 Å². The number of pyridine rings is 1. The first kappa shape index (κ1) is 14.0. The van der Waals surface area contributed by atoms with E-state index in [9.17, 15) is 9.90 Å². The van der Waals surface area contributed by atoms with E-state index < -0.39 is 6.10 Å². The molecular weight excluding hydrogens is 290 g/mol. The van der Waals surface area contributed by atoms with Crippen LogP contribution >= 0.6 is 11.6 Å². The zero-order chi connectivity index (χ0) is 15.0. The van der Waals surface area contributed by atoms with Crippen molar-refractivity contribution in [3.05, 3.63) is 57.9 Å². The molecule has 2 heterocycles. The number of rotatable bonds is 3. The third kappa shape index (κ3) is 2.52. The Morgan fingerprint density at radius 1 is 1.48 bits per heavy atom. The number of ether oxygens (including phenoxy) is 1. The lowest BCUT2D eigenvalue weighted by Gasteiger charge is -2.13. The molecule has 1 aromatic heterocycles. The molecule has 21 heavy (non-hydrogen) atoms. The van der Waals surface area contributed by atoms with Gasteiger partial charge in [0.05, 0.1) is 23.4 Å². The van der Waals surface area contributed by atoms with Crippen LogP contribution in [0.3, 0.4) is 0 Å². The van der Waals surface area contributed by atoms with Crippen LogP contribution in [0.1, 0.15) is 39.7 Å². The number of aryl methyl sites for hydroxylation is 1. The molecular formula is C16H14ClNO3. The zero-order valence-electron chi connectivity index (χ0n) is 11.5. The van der Waals surface area contributed by atoms with Crippen molar-refractivity contribution in [3.63, 3.8) is 0 Å². The standard InChI is InChI=1S/C16H14ClNO3/c1-9-16(20)15-10(7-18-9)8-21-14(15)6-13(19)11-4-2-3-5-12(11)17/h2-5,7,14,20H,6,8H2,1H3. The second kappa shape index (κ2) is 5.47. The molecule has 0 radical (unpaired) electrons. The number of halogens is 1. The number of Topliss-reactive ketones (excluding diaryl/α,β-unsaturated/α-hetero) is 1. The van der Waals surface area contributed by atoms with E-state index >= 15 is 0 Å². The second-order valence-electron chi connectivity index (χ2n) is 5.04. The number of fused-ring (bicyclic) bond motifs is 1. The normalized spacial score (nSPS) is 16.8. The van der Waals surface area contributed by atoms with Gasteiger partial charge in [0.25, 0.3) is 0 Å². The molecule has 0 bridgehead atoms. The summed E-state index contributed by atoms with van der Waals surface area (Å²) in [7, 11) is 0. The first-order chi connectivity index (χ1) is 10.1. The van der Waals surface area contributed by atoms with Gasteiger partial charge in [-0.3, -0.25) is 9.78 Å². The summed E-state index contributed by atoms with van der Waals surface area (Å²) >= 11 is 6.04. The van der Waals surface area contributed by atoms with Crippen LogP contribution in [-0.2, 0) is 11.3 Å². The molecule has 0 amide bonds. The molecule has 4 nitrogen and oxygen atoms in total. The molecule has 1 aromatic carbocycles. The van der Waals surface area contributed by atoms with Gasteiger partial charge in [-0.05, 0) is 19.1 Å². The Labute approximate surface area is 127 Å². The highest BCUT2D eigenvalue weighted by Crippen LogP contribution is 2.40. The Balaban J connectivity index is 1.88. The van der Waals surface area contributed by atoms with Gasteiger partial charge in [-0.2, -0.15) is 0 Å². The quantitative estimate of drug-likeness (QED) is 0.880. The Morgan fingerprint density at radius 3 is 3.00 bits per heavy atom. The van der Waals surface area contributed by atoms with Gasteiger partial charge in [0.1, 0.15) is 5.75 Å². The smallest absolute Gasteiger partial charge is 0.167 e. The highest BCUT2D eigenvalue weighted by Gasteiger charge is 2.30. The van der Waals surface area contributed by atoms with E-state index in [1.165, 1.54) is 0 Å². The van der Waals surface area contributed by atoms with Crippen molar-refractivity contribution in [3.8, 4) is 5.75 Å². The van der Waals surface area contributed by atoms with Crippen LogP contribution < -0.4 is 0 Å². The number of aromatic nitrogens is 1. The molecule has 108 valence electrons. The summed E-state index contributed by atoms with van der Waals surface area (Å²) in [6, 6.07) is 6.93. The minimum atomic E-state index is -0.453. The summed E-state index contributed by atoms with van der Waals surface area (Å²) in [5, 5.41) is 10.6. The first-order valence-electron chi connectivity index (χ1n) is 6.64. The molecule has 0 fully saturated rings. The van der Waals surface area contributed by atoms with E-state index in [4.69, 9.17) is 16.3 Å². The van der Waals surface area contributed by atoms with Crippen LogP contribution in [0.5, 0.6) is 5.75 Å². The van der Waals surface area contributed by atoms with E-state index in [-0.39, 0.29) is 18.0 Å². The van der Waals surface area contributed by atoms with Crippen molar-refractivity contribution in [1.82, 2.24) is 4.98 Å². The van der Waals surface area contributed by atoms with Gasteiger partial charge in [0.2, 0.25) is 0 Å². The maximum atomic E-state index is 12.4. The minimum absolute atomic E-state index is 0.104. The number of hydrogen-bond donors (Lipinski definition) is 1. The van der Waals surface area contributed by atoms with Gasteiger partial charge in [-0.25, -0.2) is 0 Å². The third-order valence-electron chi connectivity index (χ3n) is 3.66. The summed E-state index contributed by atoms with van der Waals surface area (Å²) in [5.41, 5.74) is 2.51. The maximum Gasteiger partial charge on any atom is 0.167 e. The van der Waals surface area contributed by atoms with Crippen molar-refractivity contribution in [2.24, 2.45) is 0 Å². The highest BCUT2D eigenvalue weighted by atomic mass is 35.5. The number of carbonyl (C=O) groups is 1. The second-order valence-corrected chi connectivity index (χ2v) is 5.45. The minimum Gasteiger partial charge on any atom is -0.506 e. The summed E-state index contributed by atoms with van der Waals surface area (Å²) in [6.45, 7) is 2.08.